The van der Waals surface area contributed by atoms with Crippen molar-refractivity contribution in [1.29, 1.82) is 0 Å². The van der Waals surface area contributed by atoms with Crippen LogP contribution in [0.2, 0.25) is 0 Å². The van der Waals surface area contributed by atoms with Crippen LogP contribution in [0.1, 0.15) is 25.5 Å². The van der Waals surface area contributed by atoms with Crippen molar-refractivity contribution in [3.8, 4) is 16.9 Å². The highest BCUT2D eigenvalue weighted by atomic mass is 32.2. The topological polar surface area (TPSA) is 110 Å². The number of rotatable bonds is 9. The molecule has 0 unspecified atom stereocenters. The number of aromatic nitrogens is 2. The van der Waals surface area contributed by atoms with Crippen LogP contribution in [0.15, 0.2) is 54.7 Å². The second-order valence-electron chi connectivity index (χ2n) is 7.24. The fraction of sp³-hybridized carbons (Fsp3) is 0.227. The van der Waals surface area contributed by atoms with E-state index >= 15 is 0 Å². The Balaban J connectivity index is 1.39. The summed E-state index contributed by atoms with van der Waals surface area (Å²) in [7, 11) is -3.40. The summed E-state index contributed by atoms with van der Waals surface area (Å²) in [6, 6.07) is 9.22. The van der Waals surface area contributed by atoms with Gasteiger partial charge in [-0.15, -0.1) is 11.3 Å². The van der Waals surface area contributed by atoms with Gasteiger partial charge in [0.05, 0.1) is 29.3 Å². The van der Waals surface area contributed by atoms with Gasteiger partial charge in [0, 0.05) is 22.8 Å². The molecule has 0 bridgehead atoms. The fourth-order valence-corrected chi connectivity index (χ4v) is 5.26. The molecular formula is C22H22N4O4S2. The van der Waals surface area contributed by atoms with Crippen molar-refractivity contribution in [2.45, 2.75) is 25.0 Å². The number of anilines is 2. The molecule has 0 atom stereocenters. The van der Waals surface area contributed by atoms with Crippen molar-refractivity contribution < 1.29 is 17.9 Å². The zero-order chi connectivity index (χ0) is 22.7. The molecule has 3 aromatic rings. The Morgan fingerprint density at radius 2 is 1.97 bits per heavy atom. The van der Waals surface area contributed by atoms with Gasteiger partial charge >= 0.3 is 0 Å². The maximum atomic E-state index is 12.6. The van der Waals surface area contributed by atoms with E-state index in [0.717, 1.165) is 22.5 Å². The predicted octanol–water partition coefficient (Wildman–Crippen LogP) is 4.16. The molecule has 0 spiro atoms. The number of benzene rings is 1. The minimum atomic E-state index is -3.40. The molecule has 0 saturated heterocycles. The third-order valence-corrected chi connectivity index (χ3v) is 7.49. The first-order valence-corrected chi connectivity index (χ1v) is 12.4. The SMILES string of the molecule is C=C(C(=O)Nc1ccc(-c2cncc(OCC)c2)cc1)c1csc(NS(=O)(=O)C2CC2)n1. The Morgan fingerprint density at radius 3 is 2.66 bits per heavy atom. The molecule has 2 aromatic heterocycles. The van der Waals surface area contributed by atoms with Crippen LogP contribution in [-0.4, -0.2) is 36.1 Å². The van der Waals surface area contributed by atoms with Gasteiger partial charge in [-0.25, -0.2) is 13.4 Å². The third kappa shape index (κ3) is 5.14. The van der Waals surface area contributed by atoms with Gasteiger partial charge in [0.1, 0.15) is 5.75 Å². The maximum Gasteiger partial charge on any atom is 0.257 e. The summed E-state index contributed by atoms with van der Waals surface area (Å²) in [5.74, 6) is 0.278. The van der Waals surface area contributed by atoms with Gasteiger partial charge in [-0.3, -0.25) is 14.5 Å². The molecule has 1 amide bonds. The first kappa shape index (κ1) is 22.0. The van der Waals surface area contributed by atoms with E-state index in [2.05, 4.69) is 26.6 Å². The van der Waals surface area contributed by atoms with Gasteiger partial charge in [-0.1, -0.05) is 18.7 Å². The Hall–Kier alpha value is -3.24. The van der Waals surface area contributed by atoms with Crippen LogP contribution in [0.25, 0.3) is 16.7 Å². The van der Waals surface area contributed by atoms with Gasteiger partial charge in [-0.2, -0.15) is 0 Å². The average molecular weight is 471 g/mol. The molecule has 8 nitrogen and oxygen atoms in total. The smallest absolute Gasteiger partial charge is 0.257 e. The van der Waals surface area contributed by atoms with E-state index in [1.807, 2.05) is 25.1 Å². The molecule has 1 aromatic carbocycles. The largest absolute Gasteiger partial charge is 0.492 e. The van der Waals surface area contributed by atoms with Gasteiger partial charge in [0.2, 0.25) is 10.0 Å². The molecule has 32 heavy (non-hydrogen) atoms. The number of nitrogens with one attached hydrogen (secondary N) is 2. The quantitative estimate of drug-likeness (QED) is 0.455. The summed E-state index contributed by atoms with van der Waals surface area (Å²) in [4.78, 5) is 21.0. The van der Waals surface area contributed by atoms with Gasteiger partial charge in [0.15, 0.2) is 5.13 Å². The first-order valence-electron chi connectivity index (χ1n) is 10.0. The molecular weight excluding hydrogens is 448 g/mol. The Morgan fingerprint density at radius 1 is 1.22 bits per heavy atom. The Bertz CT molecular complexity index is 1250. The monoisotopic (exact) mass is 470 g/mol. The zero-order valence-electron chi connectivity index (χ0n) is 17.4. The number of pyridine rings is 1. The molecule has 2 heterocycles. The second-order valence-corrected chi connectivity index (χ2v) is 10.1. The molecule has 1 aliphatic carbocycles. The lowest BCUT2D eigenvalue weighted by molar-refractivity contribution is -0.111. The van der Waals surface area contributed by atoms with E-state index in [0.29, 0.717) is 36.6 Å². The second kappa shape index (κ2) is 9.09. The van der Waals surface area contributed by atoms with Crippen molar-refractivity contribution in [3.63, 3.8) is 0 Å². The number of hydrogen-bond acceptors (Lipinski definition) is 7. The molecule has 10 heteroatoms. The maximum absolute atomic E-state index is 12.6. The number of ether oxygens (including phenoxy) is 1. The lowest BCUT2D eigenvalue weighted by Gasteiger charge is -2.08. The van der Waals surface area contributed by atoms with Crippen molar-refractivity contribution in [3.05, 3.63) is 60.4 Å². The number of sulfonamides is 1. The summed E-state index contributed by atoms with van der Waals surface area (Å²) >= 11 is 1.12. The number of nitrogens with zero attached hydrogens (tertiary/aromatic N) is 2. The normalized spacial score (nSPS) is 13.4. The first-order chi connectivity index (χ1) is 15.4. The lowest BCUT2D eigenvalue weighted by atomic mass is 10.1. The number of carbonyl (C=O) groups excluding carboxylic acids is 1. The molecule has 1 saturated carbocycles. The highest BCUT2D eigenvalue weighted by Gasteiger charge is 2.36. The number of hydrogen-bond donors (Lipinski definition) is 2. The molecule has 0 radical (unpaired) electrons. The molecule has 1 aliphatic rings. The highest BCUT2D eigenvalue weighted by Crippen LogP contribution is 2.31. The van der Waals surface area contributed by atoms with Crippen molar-refractivity contribution in [2.75, 3.05) is 16.6 Å². The van der Waals surface area contributed by atoms with Crippen molar-refractivity contribution >= 4 is 43.7 Å². The van der Waals surface area contributed by atoms with Gasteiger partial charge in [-0.05, 0) is 43.5 Å². The molecule has 2 N–H and O–H groups in total. The van der Waals surface area contributed by atoms with E-state index in [1.165, 1.54) is 0 Å². The summed E-state index contributed by atoms with van der Waals surface area (Å²) < 4.78 is 32.0. The van der Waals surface area contributed by atoms with Crippen LogP contribution in [0, 0.1) is 0 Å². The van der Waals surface area contributed by atoms with Gasteiger partial charge < -0.3 is 10.1 Å². The third-order valence-electron chi connectivity index (χ3n) is 4.78. The summed E-state index contributed by atoms with van der Waals surface area (Å²) in [5, 5.41) is 4.27. The number of thiazole rings is 1. The molecule has 1 fully saturated rings. The summed E-state index contributed by atoms with van der Waals surface area (Å²) in [6.45, 7) is 6.28. The predicted molar refractivity (Wildman–Crippen MR) is 126 cm³/mol. The van der Waals surface area contributed by atoms with Crippen LogP contribution in [-0.2, 0) is 14.8 Å². The van der Waals surface area contributed by atoms with Crippen LogP contribution in [0.3, 0.4) is 0 Å². The van der Waals surface area contributed by atoms with Gasteiger partial charge in [0.25, 0.3) is 5.91 Å². The standard InChI is InChI=1S/C22H22N4O4S2/c1-3-30-18-10-16(11-23-12-18)15-4-6-17(7-5-15)24-21(27)14(2)20-13-31-22(25-20)26-32(28,29)19-8-9-19/h4-7,10-13,19H,2-3,8-9H2,1H3,(H,24,27)(H,25,26). The summed E-state index contributed by atoms with van der Waals surface area (Å²) in [6.07, 6.45) is 4.73. The van der Waals surface area contributed by atoms with E-state index in [4.69, 9.17) is 4.74 Å². The summed E-state index contributed by atoms with van der Waals surface area (Å²) in [5.41, 5.74) is 2.91. The molecule has 4 rings (SSSR count). The van der Waals surface area contributed by atoms with Crippen LogP contribution in [0.4, 0.5) is 10.8 Å². The van der Waals surface area contributed by atoms with E-state index in [1.54, 1.807) is 29.9 Å². The minimum Gasteiger partial charge on any atom is -0.492 e. The zero-order valence-corrected chi connectivity index (χ0v) is 19.0. The van der Waals surface area contributed by atoms with E-state index < -0.39 is 15.9 Å². The Labute approximate surface area is 190 Å². The highest BCUT2D eigenvalue weighted by molar-refractivity contribution is 7.93. The van der Waals surface area contributed by atoms with Crippen LogP contribution < -0.4 is 14.8 Å². The molecule has 166 valence electrons. The van der Waals surface area contributed by atoms with Crippen molar-refractivity contribution in [2.24, 2.45) is 0 Å². The van der Waals surface area contributed by atoms with E-state index in [-0.39, 0.29) is 16.0 Å². The number of carbonyl (C=O) groups is 1. The Kier molecular flexibility index (Phi) is 6.24. The minimum absolute atomic E-state index is 0.149. The fourth-order valence-electron chi connectivity index (χ4n) is 2.93. The van der Waals surface area contributed by atoms with Crippen LogP contribution in [0.5, 0.6) is 5.75 Å². The number of amides is 1. The average Bonchev–Trinajstić information content (AvgIpc) is 3.55. The van der Waals surface area contributed by atoms with E-state index in [9.17, 15) is 13.2 Å². The van der Waals surface area contributed by atoms with Crippen LogP contribution >= 0.6 is 11.3 Å². The van der Waals surface area contributed by atoms with Crippen molar-refractivity contribution in [1.82, 2.24) is 9.97 Å². The lowest BCUT2D eigenvalue weighted by Crippen LogP contribution is -2.17. The molecule has 0 aliphatic heterocycles.